The number of nitrogen functional groups attached to an aromatic ring is 1. The van der Waals surface area contributed by atoms with E-state index in [1.165, 1.54) is 31.2 Å². The number of hydrogen-bond acceptors (Lipinski definition) is 5. The molecule has 2 rings (SSSR count). The Morgan fingerprint density at radius 2 is 1.89 bits per heavy atom. The number of aromatic nitrogens is 2. The van der Waals surface area contributed by atoms with Gasteiger partial charge in [-0.2, -0.15) is 0 Å². The lowest BCUT2D eigenvalue weighted by Gasteiger charge is -2.05. The first kappa shape index (κ1) is 11.9. The molecule has 0 bridgehead atoms. The first-order chi connectivity index (χ1) is 8.49. The molecule has 7 heteroatoms. The minimum absolute atomic E-state index is 0.0579. The predicted molar refractivity (Wildman–Crippen MR) is 63.2 cm³/mol. The van der Waals surface area contributed by atoms with E-state index in [1.54, 1.807) is 0 Å². The molecule has 0 fully saturated rings. The van der Waals surface area contributed by atoms with Gasteiger partial charge in [0.15, 0.2) is 5.69 Å². The molecular weight excluding hydrogens is 239 g/mol. The standard InChI is InChI=1S/C11H9FN4O2/c1-6-10(16(17)18)9(15-11(13)14-6)7-2-4-8(12)5-3-7/h2-5H,1H3,(H2,13,14,15). The minimum Gasteiger partial charge on any atom is -0.368 e. The fraction of sp³-hybridized carbons (Fsp3) is 0.0909. The molecule has 0 amide bonds. The van der Waals surface area contributed by atoms with Crippen LogP contribution in [0.2, 0.25) is 0 Å². The van der Waals surface area contributed by atoms with E-state index in [-0.39, 0.29) is 23.0 Å². The van der Waals surface area contributed by atoms with E-state index in [0.29, 0.717) is 5.56 Å². The quantitative estimate of drug-likeness (QED) is 0.648. The van der Waals surface area contributed by atoms with E-state index in [1.807, 2.05) is 0 Å². The second-order valence-corrected chi connectivity index (χ2v) is 3.63. The molecule has 2 N–H and O–H groups in total. The lowest BCUT2D eigenvalue weighted by atomic mass is 10.1. The lowest BCUT2D eigenvalue weighted by molar-refractivity contribution is -0.385. The van der Waals surface area contributed by atoms with Gasteiger partial charge < -0.3 is 5.73 Å². The molecule has 0 saturated heterocycles. The van der Waals surface area contributed by atoms with Gasteiger partial charge >= 0.3 is 5.69 Å². The van der Waals surface area contributed by atoms with E-state index in [2.05, 4.69) is 9.97 Å². The van der Waals surface area contributed by atoms with Gasteiger partial charge in [0.05, 0.1) is 4.92 Å². The molecule has 0 radical (unpaired) electrons. The van der Waals surface area contributed by atoms with Crippen LogP contribution >= 0.6 is 0 Å². The number of halogens is 1. The fourth-order valence-corrected chi connectivity index (χ4v) is 1.62. The molecule has 0 saturated carbocycles. The molecule has 2 aromatic rings. The van der Waals surface area contributed by atoms with Crippen LogP contribution in [-0.4, -0.2) is 14.9 Å². The molecule has 1 heterocycles. The Kier molecular flexibility index (Phi) is 2.88. The average Bonchev–Trinajstić information content (AvgIpc) is 2.28. The van der Waals surface area contributed by atoms with Gasteiger partial charge in [0.1, 0.15) is 11.5 Å². The Morgan fingerprint density at radius 3 is 2.44 bits per heavy atom. The number of benzene rings is 1. The summed E-state index contributed by atoms with van der Waals surface area (Å²) < 4.78 is 12.8. The van der Waals surface area contributed by atoms with Crippen LogP contribution in [0.3, 0.4) is 0 Å². The fourth-order valence-electron chi connectivity index (χ4n) is 1.62. The van der Waals surface area contributed by atoms with Crippen molar-refractivity contribution in [2.24, 2.45) is 0 Å². The topological polar surface area (TPSA) is 94.9 Å². The second-order valence-electron chi connectivity index (χ2n) is 3.63. The third-order valence-electron chi connectivity index (χ3n) is 2.38. The van der Waals surface area contributed by atoms with E-state index in [0.717, 1.165) is 0 Å². The van der Waals surface area contributed by atoms with Crippen molar-refractivity contribution in [3.05, 3.63) is 45.9 Å². The van der Waals surface area contributed by atoms with Crippen molar-refractivity contribution in [1.29, 1.82) is 0 Å². The van der Waals surface area contributed by atoms with Crippen LogP contribution in [0.1, 0.15) is 5.69 Å². The van der Waals surface area contributed by atoms with Crippen LogP contribution in [0, 0.1) is 22.9 Å². The van der Waals surface area contributed by atoms with E-state index >= 15 is 0 Å². The number of nitrogens with zero attached hydrogens (tertiary/aromatic N) is 3. The summed E-state index contributed by atoms with van der Waals surface area (Å²) in [6, 6.07) is 5.21. The van der Waals surface area contributed by atoms with Crippen molar-refractivity contribution in [2.45, 2.75) is 6.92 Å². The summed E-state index contributed by atoms with van der Waals surface area (Å²) >= 11 is 0. The Labute approximate surface area is 101 Å². The molecule has 92 valence electrons. The average molecular weight is 248 g/mol. The predicted octanol–water partition coefficient (Wildman–Crippen LogP) is 2.08. The molecule has 6 nitrogen and oxygen atoms in total. The second kappa shape index (κ2) is 4.36. The maximum absolute atomic E-state index is 12.8. The van der Waals surface area contributed by atoms with Gasteiger partial charge in [-0.15, -0.1) is 0 Å². The molecular formula is C11H9FN4O2. The van der Waals surface area contributed by atoms with Gasteiger partial charge in [0, 0.05) is 5.56 Å². The van der Waals surface area contributed by atoms with Crippen molar-refractivity contribution in [2.75, 3.05) is 5.73 Å². The summed E-state index contributed by atoms with van der Waals surface area (Å²) in [4.78, 5) is 18.0. The highest BCUT2D eigenvalue weighted by Crippen LogP contribution is 2.30. The zero-order chi connectivity index (χ0) is 13.3. The molecule has 0 unspecified atom stereocenters. The number of rotatable bonds is 2. The molecule has 0 aliphatic rings. The van der Waals surface area contributed by atoms with Gasteiger partial charge in [-0.05, 0) is 31.2 Å². The van der Waals surface area contributed by atoms with Crippen LogP contribution in [-0.2, 0) is 0 Å². The zero-order valence-corrected chi connectivity index (χ0v) is 9.42. The van der Waals surface area contributed by atoms with Crippen molar-refractivity contribution >= 4 is 11.6 Å². The molecule has 0 spiro atoms. The summed E-state index contributed by atoms with van der Waals surface area (Å²) in [6.07, 6.45) is 0. The summed E-state index contributed by atoms with van der Waals surface area (Å²) in [5.74, 6) is -0.488. The normalized spacial score (nSPS) is 10.3. The molecule has 0 aliphatic carbocycles. The van der Waals surface area contributed by atoms with Gasteiger partial charge in [-0.25, -0.2) is 14.4 Å². The summed E-state index contributed by atoms with van der Waals surface area (Å²) in [6.45, 7) is 1.48. The molecule has 0 aliphatic heterocycles. The Balaban J connectivity index is 2.69. The van der Waals surface area contributed by atoms with Crippen LogP contribution in [0.5, 0.6) is 0 Å². The van der Waals surface area contributed by atoms with Crippen molar-refractivity contribution in [3.8, 4) is 11.3 Å². The largest absolute Gasteiger partial charge is 0.368 e. The van der Waals surface area contributed by atoms with Crippen molar-refractivity contribution < 1.29 is 9.31 Å². The van der Waals surface area contributed by atoms with Crippen molar-refractivity contribution in [3.63, 3.8) is 0 Å². The maximum Gasteiger partial charge on any atom is 0.316 e. The lowest BCUT2D eigenvalue weighted by Crippen LogP contribution is -2.04. The minimum atomic E-state index is -0.576. The van der Waals surface area contributed by atoms with Gasteiger partial charge in [-0.3, -0.25) is 10.1 Å². The molecule has 1 aromatic heterocycles. The Bertz CT molecular complexity index is 613. The highest BCUT2D eigenvalue weighted by Gasteiger charge is 2.22. The molecule has 18 heavy (non-hydrogen) atoms. The van der Waals surface area contributed by atoms with Crippen LogP contribution in [0.15, 0.2) is 24.3 Å². The zero-order valence-electron chi connectivity index (χ0n) is 9.42. The summed E-state index contributed by atoms with van der Waals surface area (Å²) in [7, 11) is 0. The maximum atomic E-state index is 12.8. The number of aryl methyl sites for hydroxylation is 1. The monoisotopic (exact) mass is 248 g/mol. The third kappa shape index (κ3) is 2.10. The summed E-state index contributed by atoms with van der Waals surface area (Å²) in [5.41, 5.74) is 5.93. The third-order valence-corrected chi connectivity index (χ3v) is 2.38. The van der Waals surface area contributed by atoms with Gasteiger partial charge in [-0.1, -0.05) is 0 Å². The van der Waals surface area contributed by atoms with Crippen LogP contribution in [0.4, 0.5) is 16.0 Å². The first-order valence-electron chi connectivity index (χ1n) is 5.03. The smallest absolute Gasteiger partial charge is 0.316 e. The number of anilines is 1. The Morgan fingerprint density at radius 1 is 1.28 bits per heavy atom. The number of hydrogen-bond donors (Lipinski definition) is 1. The van der Waals surface area contributed by atoms with Gasteiger partial charge in [0.25, 0.3) is 0 Å². The van der Waals surface area contributed by atoms with E-state index in [4.69, 9.17) is 5.73 Å². The van der Waals surface area contributed by atoms with Crippen molar-refractivity contribution in [1.82, 2.24) is 9.97 Å². The van der Waals surface area contributed by atoms with E-state index in [9.17, 15) is 14.5 Å². The molecule has 1 aromatic carbocycles. The molecule has 0 atom stereocenters. The first-order valence-corrected chi connectivity index (χ1v) is 5.03. The summed E-state index contributed by atoms with van der Waals surface area (Å²) in [5, 5.41) is 11.0. The highest BCUT2D eigenvalue weighted by atomic mass is 19.1. The van der Waals surface area contributed by atoms with Gasteiger partial charge in [0.2, 0.25) is 5.95 Å². The number of nitro groups is 1. The Hall–Kier alpha value is -2.57. The van der Waals surface area contributed by atoms with Crippen LogP contribution < -0.4 is 5.73 Å². The SMILES string of the molecule is Cc1nc(N)nc(-c2ccc(F)cc2)c1[N+](=O)[O-]. The van der Waals surface area contributed by atoms with E-state index < -0.39 is 10.7 Å². The number of nitrogens with two attached hydrogens (primary N) is 1. The van der Waals surface area contributed by atoms with Crippen LogP contribution in [0.25, 0.3) is 11.3 Å². The highest BCUT2D eigenvalue weighted by molar-refractivity contribution is 5.71.